The minimum absolute atomic E-state index is 0.0348. The molecular weight excluding hydrogens is 657 g/mol. The van der Waals surface area contributed by atoms with Gasteiger partial charge in [0.25, 0.3) is 0 Å². The maximum absolute atomic E-state index is 13.4. The predicted octanol–water partition coefficient (Wildman–Crippen LogP) is 11.7. The van der Waals surface area contributed by atoms with E-state index in [0.29, 0.717) is 24.2 Å². The van der Waals surface area contributed by atoms with Crippen molar-refractivity contribution in [2.75, 3.05) is 33.0 Å². The molecule has 1 saturated heterocycles. The molecule has 5 aliphatic rings. The lowest BCUT2D eigenvalue weighted by Gasteiger charge is -2.58. The van der Waals surface area contributed by atoms with Crippen LogP contribution in [0.2, 0.25) is 0 Å². The maximum atomic E-state index is 13.4. The Morgan fingerprint density at radius 1 is 0.868 bits per heavy atom. The largest absolute Gasteiger partial charge is 0.491 e. The van der Waals surface area contributed by atoms with E-state index in [1.165, 1.54) is 51.4 Å². The summed E-state index contributed by atoms with van der Waals surface area (Å²) in [7, 11) is 0. The minimum Gasteiger partial charge on any atom is -0.491 e. The summed E-state index contributed by atoms with van der Waals surface area (Å²) in [4.78, 5) is 13.4. The Labute approximate surface area is 321 Å². The highest BCUT2D eigenvalue weighted by Gasteiger charge is 2.59. The fourth-order valence-corrected chi connectivity index (χ4v) is 11.8. The van der Waals surface area contributed by atoms with Crippen LogP contribution in [-0.2, 0) is 14.2 Å². The smallest absolute Gasteiger partial charge is 0.338 e. The number of fused-ring (bicyclic) bond motifs is 5. The van der Waals surface area contributed by atoms with E-state index < -0.39 is 0 Å². The van der Waals surface area contributed by atoms with Gasteiger partial charge in [0.2, 0.25) is 0 Å². The van der Waals surface area contributed by atoms with Crippen molar-refractivity contribution in [3.8, 4) is 16.9 Å². The van der Waals surface area contributed by atoms with E-state index in [0.717, 1.165) is 97.9 Å². The number of ether oxygens (including phenoxy) is 4. The molecule has 4 aliphatic carbocycles. The lowest BCUT2D eigenvalue weighted by molar-refractivity contribution is -0.151. The van der Waals surface area contributed by atoms with Crippen LogP contribution >= 0.6 is 0 Å². The van der Waals surface area contributed by atoms with Crippen molar-refractivity contribution in [1.82, 2.24) is 0 Å². The van der Waals surface area contributed by atoms with Crippen LogP contribution in [0.15, 0.2) is 60.2 Å². The third kappa shape index (κ3) is 8.04. The molecule has 4 fully saturated rings. The lowest BCUT2D eigenvalue weighted by Crippen LogP contribution is -2.51. The second-order valence-electron chi connectivity index (χ2n) is 18.9. The molecule has 0 bridgehead atoms. The van der Waals surface area contributed by atoms with Gasteiger partial charge in [-0.1, -0.05) is 96.7 Å². The van der Waals surface area contributed by atoms with E-state index in [2.05, 4.69) is 59.8 Å². The number of rotatable bonds is 15. The third-order valence-electron chi connectivity index (χ3n) is 15.3. The first-order valence-electron chi connectivity index (χ1n) is 21.4. The van der Waals surface area contributed by atoms with E-state index >= 15 is 0 Å². The van der Waals surface area contributed by atoms with Crippen molar-refractivity contribution in [3.63, 3.8) is 0 Å². The number of carbonyl (C=O) groups excluding carboxylic acids is 1. The molecule has 1 heterocycles. The summed E-state index contributed by atoms with van der Waals surface area (Å²) in [6.07, 6.45) is 17.7. The minimum atomic E-state index is -0.201. The Hall–Kier alpha value is -2.63. The molecule has 3 saturated carbocycles. The van der Waals surface area contributed by atoms with Crippen molar-refractivity contribution >= 4 is 5.97 Å². The van der Waals surface area contributed by atoms with Crippen LogP contribution in [0.1, 0.15) is 129 Å². The first-order chi connectivity index (χ1) is 25.5. The van der Waals surface area contributed by atoms with Crippen molar-refractivity contribution < 1.29 is 23.7 Å². The molecule has 1 aliphatic heterocycles. The predicted molar refractivity (Wildman–Crippen MR) is 214 cm³/mol. The van der Waals surface area contributed by atoms with Gasteiger partial charge in [0.1, 0.15) is 18.5 Å². The summed E-state index contributed by atoms with van der Waals surface area (Å²) in [5.41, 5.74) is 5.33. The first-order valence-corrected chi connectivity index (χ1v) is 21.4. The standard InChI is InChI=1S/C48H68O5/c1-7-48(31-51-32-48)30-50-27-28-52-39-18-15-36(16-19-39)35-11-13-37(14-12-35)45(49)53-40-23-25-46(5)38(29-40)17-20-41-43-22-21-42(34(4)10-8-9-33(2)3)47(43,6)26-24-44(41)46/h11-19,33-34,40-44H,7-10,20-32H2,1-6H3. The van der Waals surface area contributed by atoms with Crippen LogP contribution < -0.4 is 4.74 Å². The Balaban J connectivity index is 0.892. The Kier molecular flexibility index (Phi) is 11.8. The van der Waals surface area contributed by atoms with Gasteiger partial charge in [0.05, 0.1) is 32.0 Å². The van der Waals surface area contributed by atoms with Crippen LogP contribution in [0, 0.1) is 51.8 Å². The Bertz CT molecular complexity index is 1550. The van der Waals surface area contributed by atoms with E-state index in [1.54, 1.807) is 5.57 Å². The van der Waals surface area contributed by atoms with Gasteiger partial charge in [-0.15, -0.1) is 0 Å². The normalized spacial score (nSPS) is 32.1. The average Bonchev–Trinajstić information content (AvgIpc) is 3.50. The zero-order valence-electron chi connectivity index (χ0n) is 33.8. The summed E-state index contributed by atoms with van der Waals surface area (Å²) < 4.78 is 23.4. The van der Waals surface area contributed by atoms with Crippen molar-refractivity contribution in [2.45, 2.75) is 125 Å². The molecule has 2 aromatic rings. The van der Waals surface area contributed by atoms with Crippen LogP contribution in [0.3, 0.4) is 0 Å². The number of hydrogen-bond donors (Lipinski definition) is 0. The molecule has 53 heavy (non-hydrogen) atoms. The fraction of sp³-hybridized carbons (Fsp3) is 0.688. The fourth-order valence-electron chi connectivity index (χ4n) is 11.8. The average molecular weight is 725 g/mol. The maximum Gasteiger partial charge on any atom is 0.338 e. The van der Waals surface area contributed by atoms with Crippen LogP contribution in [0.5, 0.6) is 5.75 Å². The van der Waals surface area contributed by atoms with Gasteiger partial charge in [-0.3, -0.25) is 0 Å². The van der Waals surface area contributed by atoms with Crippen molar-refractivity contribution in [3.05, 3.63) is 65.7 Å². The number of allylic oxidation sites excluding steroid dienone is 1. The van der Waals surface area contributed by atoms with E-state index in [1.807, 2.05) is 36.4 Å². The molecule has 290 valence electrons. The Morgan fingerprint density at radius 3 is 2.28 bits per heavy atom. The van der Waals surface area contributed by atoms with Crippen molar-refractivity contribution in [2.24, 2.45) is 51.8 Å². The highest BCUT2D eigenvalue weighted by molar-refractivity contribution is 5.90. The van der Waals surface area contributed by atoms with Gasteiger partial charge in [-0.05, 0) is 133 Å². The molecule has 0 spiro atoms. The third-order valence-corrected chi connectivity index (χ3v) is 15.3. The summed E-state index contributed by atoms with van der Waals surface area (Å²) in [6.45, 7) is 18.2. The highest BCUT2D eigenvalue weighted by Crippen LogP contribution is 2.67. The number of carbonyl (C=O) groups is 1. The van der Waals surface area contributed by atoms with Gasteiger partial charge in [0, 0.05) is 11.8 Å². The molecule has 5 nitrogen and oxygen atoms in total. The quantitative estimate of drug-likeness (QED) is 0.104. The highest BCUT2D eigenvalue weighted by atomic mass is 16.5. The zero-order chi connectivity index (χ0) is 37.2. The lowest BCUT2D eigenvalue weighted by atomic mass is 9.47. The van der Waals surface area contributed by atoms with Gasteiger partial charge in [-0.2, -0.15) is 0 Å². The van der Waals surface area contributed by atoms with E-state index in [4.69, 9.17) is 18.9 Å². The van der Waals surface area contributed by atoms with E-state index in [9.17, 15) is 4.79 Å². The number of esters is 1. The first kappa shape index (κ1) is 38.6. The molecule has 5 heteroatoms. The number of hydrogen-bond acceptors (Lipinski definition) is 5. The topological polar surface area (TPSA) is 54.0 Å². The number of benzene rings is 2. The van der Waals surface area contributed by atoms with Gasteiger partial charge < -0.3 is 18.9 Å². The summed E-state index contributed by atoms with van der Waals surface area (Å²) in [5.74, 6) is 5.66. The van der Waals surface area contributed by atoms with Gasteiger partial charge >= 0.3 is 5.97 Å². The van der Waals surface area contributed by atoms with Crippen molar-refractivity contribution in [1.29, 1.82) is 0 Å². The van der Waals surface area contributed by atoms with Crippen LogP contribution in [-0.4, -0.2) is 45.1 Å². The molecule has 0 amide bonds. The summed E-state index contributed by atoms with van der Waals surface area (Å²) in [5, 5.41) is 0. The van der Waals surface area contributed by atoms with Crippen LogP contribution in [0.25, 0.3) is 11.1 Å². The monoisotopic (exact) mass is 725 g/mol. The van der Waals surface area contributed by atoms with Gasteiger partial charge in [-0.25, -0.2) is 4.79 Å². The molecule has 2 aromatic carbocycles. The SMILES string of the molecule is CCC1(COCCOc2ccc(-c3ccc(C(=O)OC4CCC5(C)C(=CCC6C5CCC5(C)C(C(C)CCCC(C)C)CCC65)C4)cc3)cc2)COC1. The molecule has 0 N–H and O–H groups in total. The zero-order valence-corrected chi connectivity index (χ0v) is 33.8. The van der Waals surface area contributed by atoms with E-state index in [-0.39, 0.29) is 22.9 Å². The van der Waals surface area contributed by atoms with Crippen LogP contribution in [0.4, 0.5) is 0 Å². The molecule has 7 rings (SSSR count). The molecular formula is C48H68O5. The molecule has 8 unspecified atom stereocenters. The second-order valence-corrected chi connectivity index (χ2v) is 18.9. The summed E-state index contributed by atoms with van der Waals surface area (Å²) >= 11 is 0. The molecule has 8 atom stereocenters. The Morgan fingerprint density at radius 2 is 1.60 bits per heavy atom. The van der Waals surface area contributed by atoms with Gasteiger partial charge in [0.15, 0.2) is 0 Å². The molecule has 0 radical (unpaired) electrons. The second kappa shape index (κ2) is 16.2. The summed E-state index contributed by atoms with van der Waals surface area (Å²) in [6, 6.07) is 16.0. The molecule has 0 aromatic heterocycles.